The van der Waals surface area contributed by atoms with E-state index in [4.69, 9.17) is 16.7 Å². The van der Waals surface area contributed by atoms with Gasteiger partial charge in [0.25, 0.3) is 5.24 Å². The summed E-state index contributed by atoms with van der Waals surface area (Å²) in [5.41, 5.74) is -0.247. The average molecular weight is 253 g/mol. The van der Waals surface area contributed by atoms with E-state index in [2.05, 4.69) is 15.9 Å². The van der Waals surface area contributed by atoms with E-state index in [1.54, 1.807) is 0 Å². The van der Waals surface area contributed by atoms with Gasteiger partial charge in [-0.3, -0.25) is 4.79 Å². The summed E-state index contributed by atoms with van der Waals surface area (Å²) in [6.45, 7) is 0. The first-order valence-electron chi connectivity index (χ1n) is 2.90. The number of rotatable bonds is 1. The quantitative estimate of drug-likeness (QED) is 0.781. The van der Waals surface area contributed by atoms with E-state index in [0.29, 0.717) is 4.47 Å². The van der Waals surface area contributed by atoms with Crippen LogP contribution >= 0.6 is 27.5 Å². The second-order valence-corrected chi connectivity index (χ2v) is 3.32. The Labute approximate surface area is 81.1 Å². The van der Waals surface area contributed by atoms with E-state index < -0.39 is 16.8 Å². The Morgan fingerprint density at radius 3 is 2.67 bits per heavy atom. The minimum Gasteiger partial charge on any atom is -0.504 e. The molecule has 2 nitrogen and oxygen atoms in total. The number of aromatic hydroxyl groups is 1. The molecule has 0 bridgehead atoms. The van der Waals surface area contributed by atoms with Crippen LogP contribution in [0, 0.1) is 5.82 Å². The number of halogens is 3. The normalized spacial score (nSPS) is 9.92. The van der Waals surface area contributed by atoms with E-state index in [1.807, 2.05) is 0 Å². The fourth-order valence-electron chi connectivity index (χ4n) is 0.716. The lowest BCUT2D eigenvalue weighted by Gasteiger charge is -2.00. The largest absolute Gasteiger partial charge is 0.504 e. The molecule has 64 valence electrons. The van der Waals surface area contributed by atoms with Crippen molar-refractivity contribution in [2.75, 3.05) is 0 Å². The predicted octanol–water partition coefficient (Wildman–Crippen LogP) is 2.67. The fraction of sp³-hybridized carbons (Fsp3) is 0. The van der Waals surface area contributed by atoms with Gasteiger partial charge in [0, 0.05) is 4.47 Å². The van der Waals surface area contributed by atoms with Gasteiger partial charge in [-0.05, 0) is 23.7 Å². The van der Waals surface area contributed by atoms with Crippen LogP contribution in [-0.4, -0.2) is 10.3 Å². The molecular weight excluding hydrogens is 250 g/mol. The molecule has 0 aliphatic heterocycles. The van der Waals surface area contributed by atoms with Crippen LogP contribution in [0.1, 0.15) is 10.4 Å². The van der Waals surface area contributed by atoms with Gasteiger partial charge in [0.1, 0.15) is 0 Å². The summed E-state index contributed by atoms with van der Waals surface area (Å²) in [5, 5.41) is 8.10. The lowest BCUT2D eigenvalue weighted by molar-refractivity contribution is 0.107. The maximum absolute atomic E-state index is 12.7. The Morgan fingerprint density at radius 1 is 1.58 bits per heavy atom. The Balaban J connectivity index is 3.37. The third-order valence-corrected chi connectivity index (χ3v) is 1.90. The molecule has 1 aromatic carbocycles. The maximum atomic E-state index is 12.7. The smallest absolute Gasteiger partial charge is 0.256 e. The second-order valence-electron chi connectivity index (χ2n) is 2.06. The van der Waals surface area contributed by atoms with E-state index in [0.717, 1.165) is 6.07 Å². The topological polar surface area (TPSA) is 37.3 Å². The van der Waals surface area contributed by atoms with Gasteiger partial charge in [0.05, 0.1) is 5.56 Å². The highest BCUT2D eigenvalue weighted by molar-refractivity contribution is 9.10. The third-order valence-electron chi connectivity index (χ3n) is 1.24. The predicted molar refractivity (Wildman–Crippen MR) is 45.9 cm³/mol. The number of benzene rings is 1. The van der Waals surface area contributed by atoms with Gasteiger partial charge in [-0.1, -0.05) is 15.9 Å². The van der Waals surface area contributed by atoms with Crippen molar-refractivity contribution in [3.63, 3.8) is 0 Å². The van der Waals surface area contributed by atoms with Crippen molar-refractivity contribution in [3.8, 4) is 5.75 Å². The zero-order valence-corrected chi connectivity index (χ0v) is 7.99. The van der Waals surface area contributed by atoms with E-state index in [9.17, 15) is 9.18 Å². The Morgan fingerprint density at radius 2 is 2.17 bits per heavy atom. The van der Waals surface area contributed by atoms with Crippen LogP contribution in [0.5, 0.6) is 5.75 Å². The lowest BCUT2D eigenvalue weighted by atomic mass is 10.2. The summed E-state index contributed by atoms with van der Waals surface area (Å²) in [7, 11) is 0. The molecule has 0 atom stereocenters. The van der Waals surface area contributed by atoms with Crippen molar-refractivity contribution in [2.24, 2.45) is 0 Å². The molecule has 0 aromatic heterocycles. The van der Waals surface area contributed by atoms with Crippen LogP contribution in [0.2, 0.25) is 0 Å². The molecular formula is C7H3BrClFO2. The second kappa shape index (κ2) is 3.41. The van der Waals surface area contributed by atoms with Crippen molar-refractivity contribution in [3.05, 3.63) is 28.0 Å². The van der Waals surface area contributed by atoms with Crippen LogP contribution in [0.4, 0.5) is 4.39 Å². The third kappa shape index (κ3) is 1.76. The minimum absolute atomic E-state index is 0.247. The van der Waals surface area contributed by atoms with Crippen molar-refractivity contribution in [1.82, 2.24) is 0 Å². The lowest BCUT2D eigenvalue weighted by Crippen LogP contribution is -1.92. The standard InChI is InChI=1S/C7H3BrClFO2/c8-3-1-4(7(9)12)6(11)5(10)2-3/h1-2,11H. The first-order chi connectivity index (χ1) is 5.52. The van der Waals surface area contributed by atoms with E-state index in [1.165, 1.54) is 6.07 Å². The SMILES string of the molecule is O=C(Cl)c1cc(Br)cc(F)c1O. The summed E-state index contributed by atoms with van der Waals surface area (Å²) < 4.78 is 13.1. The summed E-state index contributed by atoms with van der Waals surface area (Å²) in [6.07, 6.45) is 0. The molecule has 5 heteroatoms. The molecule has 0 aliphatic rings. The Bertz CT molecular complexity index is 340. The monoisotopic (exact) mass is 252 g/mol. The zero-order chi connectivity index (χ0) is 9.30. The molecule has 0 spiro atoms. The molecule has 1 rings (SSSR count). The van der Waals surface area contributed by atoms with E-state index >= 15 is 0 Å². The van der Waals surface area contributed by atoms with Gasteiger partial charge in [-0.25, -0.2) is 4.39 Å². The van der Waals surface area contributed by atoms with Crippen LogP contribution in [0.3, 0.4) is 0 Å². The summed E-state index contributed by atoms with van der Waals surface area (Å²) in [5.74, 6) is -1.61. The van der Waals surface area contributed by atoms with Crippen molar-refractivity contribution >= 4 is 32.8 Å². The van der Waals surface area contributed by atoms with Gasteiger partial charge in [-0.15, -0.1) is 0 Å². The molecule has 0 radical (unpaired) electrons. The molecule has 0 heterocycles. The highest BCUT2D eigenvalue weighted by Gasteiger charge is 2.13. The summed E-state index contributed by atoms with van der Waals surface area (Å²) >= 11 is 8.02. The highest BCUT2D eigenvalue weighted by Crippen LogP contribution is 2.26. The summed E-state index contributed by atoms with van der Waals surface area (Å²) in [4.78, 5) is 10.6. The molecule has 0 aliphatic carbocycles. The van der Waals surface area contributed by atoms with Gasteiger partial charge >= 0.3 is 0 Å². The van der Waals surface area contributed by atoms with Crippen molar-refractivity contribution in [1.29, 1.82) is 0 Å². The van der Waals surface area contributed by atoms with Gasteiger partial charge in [-0.2, -0.15) is 0 Å². The molecule has 0 saturated heterocycles. The number of hydrogen-bond donors (Lipinski definition) is 1. The van der Waals surface area contributed by atoms with Gasteiger partial charge in [0.2, 0.25) is 0 Å². The zero-order valence-electron chi connectivity index (χ0n) is 5.64. The molecule has 0 amide bonds. The van der Waals surface area contributed by atoms with Crippen LogP contribution in [-0.2, 0) is 0 Å². The minimum atomic E-state index is -0.896. The molecule has 0 unspecified atom stereocenters. The fourth-order valence-corrected chi connectivity index (χ4v) is 1.29. The van der Waals surface area contributed by atoms with Crippen LogP contribution in [0.15, 0.2) is 16.6 Å². The highest BCUT2D eigenvalue weighted by atomic mass is 79.9. The van der Waals surface area contributed by atoms with Crippen molar-refractivity contribution in [2.45, 2.75) is 0 Å². The molecule has 12 heavy (non-hydrogen) atoms. The Hall–Kier alpha value is -0.610. The van der Waals surface area contributed by atoms with Crippen molar-refractivity contribution < 1.29 is 14.3 Å². The van der Waals surface area contributed by atoms with Crippen LogP contribution in [0.25, 0.3) is 0 Å². The van der Waals surface area contributed by atoms with Crippen LogP contribution < -0.4 is 0 Å². The molecule has 1 aromatic rings. The molecule has 1 N–H and O–H groups in total. The first-order valence-corrected chi connectivity index (χ1v) is 4.07. The van der Waals surface area contributed by atoms with E-state index in [-0.39, 0.29) is 5.56 Å². The van der Waals surface area contributed by atoms with Gasteiger partial charge < -0.3 is 5.11 Å². The van der Waals surface area contributed by atoms with Gasteiger partial charge in [0.15, 0.2) is 11.6 Å². The molecule has 0 fully saturated rings. The molecule has 0 saturated carbocycles. The number of hydrogen-bond acceptors (Lipinski definition) is 2. The summed E-state index contributed by atoms with van der Waals surface area (Å²) in [6, 6.07) is 2.28. The first kappa shape index (κ1) is 9.48. The number of phenols is 1. The number of carbonyl (C=O) groups is 1. The average Bonchev–Trinajstić information content (AvgIpc) is 1.96. The number of carbonyl (C=O) groups excluding carboxylic acids is 1. The Kier molecular flexibility index (Phi) is 2.69. The maximum Gasteiger partial charge on any atom is 0.256 e. The number of phenolic OH excluding ortho intramolecular Hbond substituents is 1.